The summed E-state index contributed by atoms with van der Waals surface area (Å²) in [7, 11) is 2.70. The molecule has 4 aromatic carbocycles. The van der Waals surface area contributed by atoms with Crippen LogP contribution in [0, 0.1) is 0 Å². The van der Waals surface area contributed by atoms with E-state index in [1.807, 2.05) is 0 Å². The van der Waals surface area contributed by atoms with Gasteiger partial charge in [-0.2, -0.15) is 0 Å². The van der Waals surface area contributed by atoms with Crippen molar-refractivity contribution in [2.75, 3.05) is 4.90 Å². The second-order valence-electron chi connectivity index (χ2n) is 13.0. The number of para-hydroxylation sites is 2. The van der Waals surface area contributed by atoms with Crippen molar-refractivity contribution in [3.63, 3.8) is 0 Å². The van der Waals surface area contributed by atoms with Crippen LogP contribution in [0.15, 0.2) is 91.0 Å². The van der Waals surface area contributed by atoms with E-state index in [0.29, 0.717) is 6.71 Å². The fraction of sp³-hybridized carbons (Fsp3) is 0. The van der Waals surface area contributed by atoms with Crippen LogP contribution in [0.2, 0.25) is 0 Å². The number of hydrogen-bond donors (Lipinski definition) is 1. The first-order valence-electron chi connectivity index (χ1n) is 13.8. The van der Waals surface area contributed by atoms with Gasteiger partial charge in [-0.1, -0.05) is 0 Å². The Morgan fingerprint density at radius 1 is 0.757 bits per heavy atom. The van der Waals surface area contributed by atoms with Crippen LogP contribution in [-0.2, 0) is 0 Å². The molecule has 0 aliphatic carbocycles. The molecular formula is C24H16B9N2P2-2. The topological polar surface area (TPSA) is 15.3 Å². The summed E-state index contributed by atoms with van der Waals surface area (Å²) in [4.78, 5) is 7.26. The Balaban J connectivity index is 1.17. The summed E-state index contributed by atoms with van der Waals surface area (Å²) >= 11 is 0. The van der Waals surface area contributed by atoms with Crippen LogP contribution in [0.5, 0.6) is 0 Å². The van der Waals surface area contributed by atoms with Crippen molar-refractivity contribution in [3.05, 3.63) is 91.0 Å². The second kappa shape index (κ2) is 5.15. The van der Waals surface area contributed by atoms with Crippen molar-refractivity contribution in [3.8, 4) is 11.1 Å². The average molecular weight is 492 g/mol. The van der Waals surface area contributed by atoms with Gasteiger partial charge in [0.05, 0.1) is 0 Å². The van der Waals surface area contributed by atoms with E-state index < -0.39 is 12.7 Å². The average Bonchev–Trinajstić information content (AvgIpc) is 3.88. The van der Waals surface area contributed by atoms with E-state index in [2.05, 4.69) is 122 Å². The summed E-state index contributed by atoms with van der Waals surface area (Å²) in [6.07, 6.45) is 1.07. The molecule has 1 N–H and O–H groups in total. The third-order valence-corrected chi connectivity index (χ3v) is 26.4. The molecule has 7 fully saturated rings. The van der Waals surface area contributed by atoms with Crippen LogP contribution < -0.4 is 31.5 Å². The van der Waals surface area contributed by atoms with Gasteiger partial charge in [-0.05, 0) is 0 Å². The molecule has 13 rings (SSSR count). The van der Waals surface area contributed by atoms with Gasteiger partial charge in [0, 0.05) is 0 Å². The summed E-state index contributed by atoms with van der Waals surface area (Å²) in [5, 5.41) is 1.71. The predicted molar refractivity (Wildman–Crippen MR) is 174 cm³/mol. The Bertz CT molecular complexity index is 1830. The number of hydrogen-bond acceptors (Lipinski definition) is 2. The zero-order chi connectivity index (χ0) is 23.6. The molecule has 161 valence electrons. The molecule has 9 aliphatic heterocycles. The second-order valence-corrected chi connectivity index (χ2v) is 23.3. The molecule has 4 aromatic rings. The molecule has 0 aromatic heterocycles. The molecular weight excluding hydrogens is 476 g/mol. The van der Waals surface area contributed by atoms with Gasteiger partial charge >= 0.3 is 222 Å². The third kappa shape index (κ3) is 1.64. The number of rotatable bonds is 4. The van der Waals surface area contributed by atoms with E-state index >= 15 is 0 Å². The van der Waals surface area contributed by atoms with Crippen molar-refractivity contribution in [2.45, 2.75) is 0 Å². The predicted octanol–water partition coefficient (Wildman–Crippen LogP) is 1.32. The first-order chi connectivity index (χ1) is 18.2. The van der Waals surface area contributed by atoms with Gasteiger partial charge in [0.15, 0.2) is 0 Å². The number of anilines is 3. The summed E-state index contributed by atoms with van der Waals surface area (Å²) in [5.41, 5.74) is 11.4. The number of nitrogens with one attached hydrogen (secondary N) is 1. The number of fused-ring (bicyclic) bond motifs is 6. The minimum atomic E-state index is -2.00. The molecule has 0 unspecified atom stereocenters. The molecule has 0 atom stereocenters. The third-order valence-electron chi connectivity index (χ3n) is 12.0. The van der Waals surface area contributed by atoms with E-state index in [-0.39, 0.29) is 0 Å². The Morgan fingerprint density at radius 3 is 2.19 bits per heavy atom. The summed E-state index contributed by atoms with van der Waals surface area (Å²) in [6.45, 7) is 5.82. The van der Waals surface area contributed by atoms with Crippen LogP contribution in [-0.4, -0.2) is 58.6 Å². The van der Waals surface area contributed by atoms with Gasteiger partial charge in [-0.3, -0.25) is 0 Å². The molecule has 2 bridgehead atoms. The first kappa shape index (κ1) is 19.2. The standard InChI is InChI=1S/C24H16B9N2P2/c1-2-8-16(9-3-1)35-22-13-7-6-12-21(22)28-20-11-5-4-10-18(20)19-14-17(15-23(35)24(19)28)36(29-25-30(36)33(29)36)34-37-26-31(37)32(37)27-37/h1-15,34H/q-2. The maximum atomic E-state index is 4.68. The first-order valence-corrected chi connectivity index (χ1v) is 18.8. The van der Waals surface area contributed by atoms with E-state index in [9.17, 15) is 0 Å². The van der Waals surface area contributed by atoms with Gasteiger partial charge < -0.3 is 0 Å². The number of benzene rings is 4. The summed E-state index contributed by atoms with van der Waals surface area (Å²) < 4.78 is 0. The quantitative estimate of drug-likeness (QED) is 0.296. The zero-order valence-corrected chi connectivity index (χ0v) is 22.0. The van der Waals surface area contributed by atoms with Crippen LogP contribution in [0.4, 0.5) is 17.1 Å². The molecule has 7 saturated heterocycles. The summed E-state index contributed by atoms with van der Waals surface area (Å²) in [6, 6.07) is 34.8. The van der Waals surface area contributed by atoms with Gasteiger partial charge in [0.2, 0.25) is 0 Å². The van der Waals surface area contributed by atoms with Crippen LogP contribution in [0.3, 0.4) is 0 Å². The Hall–Kier alpha value is -1.92. The van der Waals surface area contributed by atoms with Crippen molar-refractivity contribution < 1.29 is 0 Å². The molecule has 0 amide bonds. The zero-order valence-electron chi connectivity index (χ0n) is 20.2. The molecule has 1 spiro atoms. The molecule has 9 aliphatic rings. The maximum absolute atomic E-state index is 4.68. The van der Waals surface area contributed by atoms with E-state index in [1.165, 1.54) is 44.6 Å². The van der Waals surface area contributed by atoms with Gasteiger partial charge in [-0.25, -0.2) is 0 Å². The number of nitrogens with zero attached hydrogens (tertiary/aromatic N) is 1. The van der Waals surface area contributed by atoms with Gasteiger partial charge in [0.25, 0.3) is 0 Å². The van der Waals surface area contributed by atoms with Crippen LogP contribution in [0.25, 0.3) is 11.1 Å². The van der Waals surface area contributed by atoms with Crippen molar-refractivity contribution >= 4 is 110 Å². The summed E-state index contributed by atoms with van der Waals surface area (Å²) in [5.74, 6) is 0. The van der Waals surface area contributed by atoms with Crippen molar-refractivity contribution in [1.29, 1.82) is 0 Å². The minimum absolute atomic E-state index is 0.320. The van der Waals surface area contributed by atoms with E-state index in [0.717, 1.165) is 31.1 Å². The van der Waals surface area contributed by atoms with E-state index in [1.54, 1.807) is 5.30 Å². The van der Waals surface area contributed by atoms with Gasteiger partial charge in [0.1, 0.15) is 0 Å². The Kier molecular flexibility index (Phi) is 2.67. The molecule has 13 heteroatoms. The monoisotopic (exact) mass is 493 g/mol. The molecule has 0 saturated carbocycles. The fourth-order valence-electron chi connectivity index (χ4n) is 9.78. The fourth-order valence-corrected chi connectivity index (χ4v) is 29.0. The molecule has 5 radical (unpaired) electrons. The normalized spacial score (nSPS) is 27.3. The Labute approximate surface area is 221 Å². The molecule has 9 heterocycles. The van der Waals surface area contributed by atoms with Crippen molar-refractivity contribution in [1.82, 2.24) is 4.86 Å². The van der Waals surface area contributed by atoms with E-state index in [4.69, 9.17) is 0 Å². The van der Waals surface area contributed by atoms with Crippen LogP contribution in [0.1, 0.15) is 0 Å². The van der Waals surface area contributed by atoms with Gasteiger partial charge in [-0.15, -0.1) is 0 Å². The molecule has 2 nitrogen and oxygen atoms in total. The van der Waals surface area contributed by atoms with Crippen LogP contribution >= 0.6 is 12.7 Å². The SMILES string of the molecule is [B]1B2B3[B-]P123NP12(c3cc4c5c(c3)N(c3ccccc3)c3ccccc3B5c3ccccc3-4)B3[B-]B1B32. The Morgan fingerprint density at radius 2 is 1.49 bits per heavy atom. The van der Waals surface area contributed by atoms with Crippen molar-refractivity contribution in [2.24, 2.45) is 0 Å². The molecule has 37 heavy (non-hydrogen) atoms.